The topological polar surface area (TPSA) is 61.2 Å². The van der Waals surface area contributed by atoms with Crippen LogP contribution in [0.15, 0.2) is 58.5 Å². The van der Waals surface area contributed by atoms with Gasteiger partial charge in [-0.25, -0.2) is 4.98 Å². The van der Waals surface area contributed by atoms with Crippen molar-refractivity contribution in [3.8, 4) is 5.75 Å². The highest BCUT2D eigenvalue weighted by molar-refractivity contribution is 7.99. The second-order valence-corrected chi connectivity index (χ2v) is 7.53. The van der Waals surface area contributed by atoms with Gasteiger partial charge in [0, 0.05) is 12.3 Å². The molecule has 0 saturated heterocycles. The van der Waals surface area contributed by atoms with Crippen molar-refractivity contribution in [3.63, 3.8) is 0 Å². The molecule has 5 nitrogen and oxygen atoms in total. The fourth-order valence-electron chi connectivity index (χ4n) is 2.94. The SMILES string of the molecule is CCCCn1c(SCCOc2ccccc2C(C)=O)nc2ccccc2c1=O. The molecule has 0 fully saturated rings. The normalized spacial score (nSPS) is 10.9. The molecule has 0 bridgehead atoms. The van der Waals surface area contributed by atoms with Gasteiger partial charge in [0.2, 0.25) is 0 Å². The van der Waals surface area contributed by atoms with Crippen molar-refractivity contribution in [2.75, 3.05) is 12.4 Å². The fraction of sp³-hybridized carbons (Fsp3) is 0.318. The first-order valence-corrected chi connectivity index (χ1v) is 10.5. The zero-order chi connectivity index (χ0) is 19.9. The summed E-state index contributed by atoms with van der Waals surface area (Å²) in [4.78, 5) is 29.3. The first-order valence-electron chi connectivity index (χ1n) is 9.47. The van der Waals surface area contributed by atoms with E-state index in [1.54, 1.807) is 16.7 Å². The number of benzene rings is 2. The lowest BCUT2D eigenvalue weighted by molar-refractivity contribution is 0.101. The van der Waals surface area contributed by atoms with Crippen LogP contribution in [-0.2, 0) is 6.54 Å². The number of rotatable bonds is 9. The monoisotopic (exact) mass is 396 g/mol. The number of hydrogen-bond donors (Lipinski definition) is 0. The van der Waals surface area contributed by atoms with E-state index >= 15 is 0 Å². The summed E-state index contributed by atoms with van der Waals surface area (Å²) in [5.41, 5.74) is 1.30. The van der Waals surface area contributed by atoms with Gasteiger partial charge in [-0.3, -0.25) is 14.2 Å². The van der Waals surface area contributed by atoms with Crippen LogP contribution in [0.4, 0.5) is 0 Å². The maximum atomic E-state index is 12.9. The van der Waals surface area contributed by atoms with Crippen molar-refractivity contribution < 1.29 is 9.53 Å². The minimum Gasteiger partial charge on any atom is -0.492 e. The van der Waals surface area contributed by atoms with Crippen LogP contribution < -0.4 is 10.3 Å². The third kappa shape index (κ3) is 4.62. The highest BCUT2D eigenvalue weighted by Crippen LogP contribution is 2.21. The van der Waals surface area contributed by atoms with Gasteiger partial charge in [0.25, 0.3) is 5.56 Å². The lowest BCUT2D eigenvalue weighted by atomic mass is 10.1. The van der Waals surface area contributed by atoms with Gasteiger partial charge in [-0.1, -0.05) is 49.4 Å². The van der Waals surface area contributed by atoms with Gasteiger partial charge in [0.05, 0.1) is 23.1 Å². The van der Waals surface area contributed by atoms with Crippen LogP contribution in [-0.4, -0.2) is 27.7 Å². The molecule has 28 heavy (non-hydrogen) atoms. The van der Waals surface area contributed by atoms with Crippen LogP contribution >= 0.6 is 11.8 Å². The highest BCUT2D eigenvalue weighted by atomic mass is 32.2. The summed E-state index contributed by atoms with van der Waals surface area (Å²) in [6.07, 6.45) is 1.93. The minimum atomic E-state index is -0.0205. The Morgan fingerprint density at radius 1 is 1.14 bits per heavy atom. The summed E-state index contributed by atoms with van der Waals surface area (Å²) in [6, 6.07) is 14.7. The van der Waals surface area contributed by atoms with Gasteiger partial charge < -0.3 is 4.74 Å². The number of thioether (sulfide) groups is 1. The van der Waals surface area contributed by atoms with E-state index in [0.29, 0.717) is 46.3 Å². The molecule has 2 aromatic carbocycles. The Hall–Kier alpha value is -2.60. The summed E-state index contributed by atoms with van der Waals surface area (Å²) in [7, 11) is 0. The first kappa shape index (κ1) is 20.1. The summed E-state index contributed by atoms with van der Waals surface area (Å²) in [5, 5.41) is 1.36. The average Bonchev–Trinajstić information content (AvgIpc) is 2.71. The number of carbonyl (C=O) groups excluding carboxylic acids is 1. The molecule has 0 radical (unpaired) electrons. The van der Waals surface area contributed by atoms with Crippen molar-refractivity contribution >= 4 is 28.4 Å². The van der Waals surface area contributed by atoms with E-state index in [4.69, 9.17) is 9.72 Å². The van der Waals surface area contributed by atoms with Crippen LogP contribution in [0.3, 0.4) is 0 Å². The number of carbonyl (C=O) groups is 1. The van der Waals surface area contributed by atoms with Crippen LogP contribution in [0.5, 0.6) is 5.75 Å². The largest absolute Gasteiger partial charge is 0.492 e. The van der Waals surface area contributed by atoms with E-state index in [1.165, 1.54) is 18.7 Å². The number of ketones is 1. The van der Waals surface area contributed by atoms with Gasteiger partial charge in [-0.15, -0.1) is 0 Å². The van der Waals surface area contributed by atoms with E-state index in [-0.39, 0.29) is 11.3 Å². The van der Waals surface area contributed by atoms with Gasteiger partial charge in [-0.05, 0) is 37.6 Å². The lowest BCUT2D eigenvalue weighted by Crippen LogP contribution is -2.23. The molecule has 0 spiro atoms. The number of fused-ring (bicyclic) bond motifs is 1. The number of para-hydroxylation sites is 2. The van der Waals surface area contributed by atoms with Crippen molar-refractivity contribution in [3.05, 3.63) is 64.4 Å². The fourth-order valence-corrected chi connectivity index (χ4v) is 3.78. The maximum Gasteiger partial charge on any atom is 0.262 e. The Morgan fingerprint density at radius 2 is 1.89 bits per heavy atom. The molecule has 0 saturated carbocycles. The predicted octanol–water partition coefficient (Wildman–Crippen LogP) is 4.57. The summed E-state index contributed by atoms with van der Waals surface area (Å²) in [6.45, 7) is 4.71. The second kappa shape index (κ2) is 9.55. The van der Waals surface area contributed by atoms with Gasteiger partial charge in [0.15, 0.2) is 10.9 Å². The molecule has 146 valence electrons. The number of nitrogens with zero attached hydrogens (tertiary/aromatic N) is 2. The van der Waals surface area contributed by atoms with Crippen LogP contribution in [0.2, 0.25) is 0 Å². The molecule has 0 amide bonds. The summed E-state index contributed by atoms with van der Waals surface area (Å²) >= 11 is 1.50. The molecule has 3 rings (SSSR count). The van der Waals surface area contributed by atoms with Crippen LogP contribution in [0.1, 0.15) is 37.0 Å². The molecule has 1 heterocycles. The Labute approximate surface area is 168 Å². The average molecular weight is 397 g/mol. The molecule has 0 atom stereocenters. The number of aromatic nitrogens is 2. The zero-order valence-electron chi connectivity index (χ0n) is 16.2. The third-order valence-corrected chi connectivity index (χ3v) is 5.34. The lowest BCUT2D eigenvalue weighted by Gasteiger charge is -2.13. The molecular weight excluding hydrogens is 372 g/mol. The standard InChI is InChI=1S/C22H24N2O3S/c1-3-4-13-24-21(26)18-10-5-7-11-19(18)23-22(24)28-15-14-27-20-12-8-6-9-17(20)16(2)25/h5-12H,3-4,13-15H2,1-2H3. The van der Waals surface area contributed by atoms with Gasteiger partial charge in [0.1, 0.15) is 5.75 Å². The molecule has 0 N–H and O–H groups in total. The predicted molar refractivity (Wildman–Crippen MR) is 114 cm³/mol. The number of unbranched alkanes of at least 4 members (excludes halogenated alkanes) is 1. The van der Waals surface area contributed by atoms with Crippen LogP contribution in [0.25, 0.3) is 10.9 Å². The van der Waals surface area contributed by atoms with E-state index in [2.05, 4.69) is 6.92 Å². The molecule has 0 aliphatic rings. The molecule has 0 aliphatic carbocycles. The van der Waals surface area contributed by atoms with E-state index < -0.39 is 0 Å². The Balaban J connectivity index is 1.75. The maximum absolute atomic E-state index is 12.9. The Bertz CT molecular complexity index is 1030. The smallest absolute Gasteiger partial charge is 0.262 e. The second-order valence-electron chi connectivity index (χ2n) is 6.47. The van der Waals surface area contributed by atoms with E-state index in [9.17, 15) is 9.59 Å². The Morgan fingerprint density at radius 3 is 2.68 bits per heavy atom. The molecular formula is C22H24N2O3S. The third-order valence-electron chi connectivity index (χ3n) is 4.40. The van der Waals surface area contributed by atoms with Gasteiger partial charge >= 0.3 is 0 Å². The van der Waals surface area contributed by atoms with Crippen molar-refractivity contribution in [1.82, 2.24) is 9.55 Å². The Kier molecular flexibility index (Phi) is 6.87. The first-order chi connectivity index (χ1) is 13.6. The van der Waals surface area contributed by atoms with Crippen LogP contribution in [0, 0.1) is 0 Å². The van der Waals surface area contributed by atoms with Crippen molar-refractivity contribution in [2.24, 2.45) is 0 Å². The van der Waals surface area contributed by atoms with Crippen molar-refractivity contribution in [1.29, 1.82) is 0 Å². The zero-order valence-corrected chi connectivity index (χ0v) is 17.0. The summed E-state index contributed by atoms with van der Waals surface area (Å²) in [5.74, 6) is 1.20. The van der Waals surface area contributed by atoms with Gasteiger partial charge in [-0.2, -0.15) is 0 Å². The number of ether oxygens (including phenoxy) is 1. The molecule has 0 aliphatic heterocycles. The quantitative estimate of drug-likeness (QED) is 0.229. The van der Waals surface area contributed by atoms with E-state index in [1.807, 2.05) is 36.4 Å². The van der Waals surface area contributed by atoms with Crippen molar-refractivity contribution in [2.45, 2.75) is 38.4 Å². The van der Waals surface area contributed by atoms with E-state index in [0.717, 1.165) is 12.8 Å². The highest BCUT2D eigenvalue weighted by Gasteiger charge is 2.12. The number of Topliss-reactive ketones (excluding diaryl/α,β-unsaturated/α-hetero) is 1. The molecule has 1 aromatic heterocycles. The number of hydrogen-bond acceptors (Lipinski definition) is 5. The molecule has 6 heteroatoms. The molecule has 0 unspecified atom stereocenters. The molecule has 3 aromatic rings. The minimum absolute atomic E-state index is 0.00407. The summed E-state index contributed by atoms with van der Waals surface area (Å²) < 4.78 is 7.57.